The Bertz CT molecular complexity index is 600. The van der Waals surface area contributed by atoms with Gasteiger partial charge in [0.15, 0.2) is 0 Å². The number of amides is 1. The van der Waals surface area contributed by atoms with Gasteiger partial charge in [0.1, 0.15) is 0 Å². The highest BCUT2D eigenvalue weighted by Crippen LogP contribution is 2.48. The first-order chi connectivity index (χ1) is 11.2. The minimum Gasteiger partial charge on any atom is -0.394 e. The molecule has 2 saturated heterocycles. The molecule has 1 N–H and O–H groups in total. The molecule has 3 aliphatic rings. The van der Waals surface area contributed by atoms with Crippen molar-refractivity contribution in [2.24, 2.45) is 5.92 Å². The predicted molar refractivity (Wildman–Crippen MR) is 87.5 cm³/mol. The lowest BCUT2D eigenvalue weighted by Gasteiger charge is -2.59. The third-order valence-electron chi connectivity index (χ3n) is 5.72. The molecule has 3 heterocycles. The van der Waals surface area contributed by atoms with Gasteiger partial charge in [0.25, 0.3) is 0 Å². The fraction of sp³-hybridized carbons (Fsp3) is 0.611. The molecule has 3 atom stereocenters. The van der Waals surface area contributed by atoms with E-state index >= 15 is 0 Å². The summed E-state index contributed by atoms with van der Waals surface area (Å²) in [5.74, 6) is 0.527. The first-order valence-electron chi connectivity index (χ1n) is 8.53. The minimum absolute atomic E-state index is 0.0359. The van der Waals surface area contributed by atoms with Gasteiger partial charge in [-0.15, -0.1) is 0 Å². The molecule has 0 radical (unpaired) electrons. The molecule has 0 bridgehead atoms. The van der Waals surface area contributed by atoms with Crippen molar-refractivity contribution in [2.75, 3.05) is 38.3 Å². The number of carbonyl (C=O) groups excluding carboxylic acids is 1. The molecule has 3 aliphatic heterocycles. The van der Waals surface area contributed by atoms with Crippen molar-refractivity contribution in [3.63, 3.8) is 0 Å². The van der Waals surface area contributed by atoms with Gasteiger partial charge >= 0.3 is 0 Å². The van der Waals surface area contributed by atoms with Crippen LogP contribution in [0.15, 0.2) is 24.3 Å². The zero-order chi connectivity index (χ0) is 16.0. The van der Waals surface area contributed by atoms with Crippen LogP contribution in [0.5, 0.6) is 0 Å². The van der Waals surface area contributed by atoms with Crippen molar-refractivity contribution >= 4 is 11.6 Å². The normalized spacial score (nSPS) is 30.4. The second kappa shape index (κ2) is 5.80. The third-order valence-corrected chi connectivity index (χ3v) is 5.72. The Hall–Kier alpha value is -1.59. The predicted octanol–water partition coefficient (Wildman–Crippen LogP) is 1.22. The molecule has 0 aromatic heterocycles. The fourth-order valence-corrected chi connectivity index (χ4v) is 4.54. The van der Waals surface area contributed by atoms with Crippen molar-refractivity contribution in [3.05, 3.63) is 29.8 Å². The van der Waals surface area contributed by atoms with E-state index in [1.807, 2.05) is 17.0 Å². The van der Waals surface area contributed by atoms with E-state index in [1.165, 1.54) is 11.3 Å². The van der Waals surface area contributed by atoms with Gasteiger partial charge in [-0.3, -0.25) is 4.79 Å². The van der Waals surface area contributed by atoms with E-state index in [0.29, 0.717) is 13.2 Å². The van der Waals surface area contributed by atoms with Crippen LogP contribution in [-0.4, -0.2) is 61.4 Å². The number of benzene rings is 1. The number of rotatable bonds is 2. The van der Waals surface area contributed by atoms with Crippen LogP contribution in [0.2, 0.25) is 0 Å². The number of ether oxygens (including phenoxy) is 1. The number of hydrogen-bond donors (Lipinski definition) is 1. The summed E-state index contributed by atoms with van der Waals surface area (Å²) in [5, 5.41) is 9.90. The Labute approximate surface area is 136 Å². The molecule has 5 heteroatoms. The zero-order valence-corrected chi connectivity index (χ0v) is 13.5. The van der Waals surface area contributed by atoms with Gasteiger partial charge in [0.05, 0.1) is 18.7 Å². The Morgan fingerprint density at radius 3 is 2.78 bits per heavy atom. The van der Waals surface area contributed by atoms with E-state index in [2.05, 4.69) is 24.1 Å². The lowest BCUT2D eigenvalue weighted by molar-refractivity contribution is -0.158. The average Bonchev–Trinajstić information content (AvgIpc) is 2.58. The highest BCUT2D eigenvalue weighted by molar-refractivity contribution is 5.82. The second-order valence-corrected chi connectivity index (χ2v) is 6.91. The first kappa shape index (κ1) is 15.0. The number of nitrogens with zero attached hydrogens (tertiary/aromatic N) is 2. The van der Waals surface area contributed by atoms with Gasteiger partial charge in [-0.25, -0.2) is 0 Å². The third kappa shape index (κ3) is 2.25. The molecular formula is C18H24N2O3. The van der Waals surface area contributed by atoms with Gasteiger partial charge in [-0.05, 0) is 24.5 Å². The summed E-state index contributed by atoms with van der Waals surface area (Å²) in [7, 11) is 2.08. The molecule has 0 aliphatic carbocycles. The Morgan fingerprint density at radius 2 is 2.04 bits per heavy atom. The summed E-state index contributed by atoms with van der Waals surface area (Å²) in [5.41, 5.74) is 2.49. The molecule has 0 saturated carbocycles. The summed E-state index contributed by atoms with van der Waals surface area (Å²) in [4.78, 5) is 17.2. The Morgan fingerprint density at radius 1 is 1.30 bits per heavy atom. The van der Waals surface area contributed by atoms with Crippen LogP contribution in [0.4, 0.5) is 5.69 Å². The molecule has 1 amide bonds. The van der Waals surface area contributed by atoms with Crippen LogP contribution in [0.25, 0.3) is 0 Å². The van der Waals surface area contributed by atoms with Crippen LogP contribution in [0.3, 0.4) is 0 Å². The summed E-state index contributed by atoms with van der Waals surface area (Å²) < 4.78 is 5.38. The van der Waals surface area contributed by atoms with Crippen LogP contribution >= 0.6 is 0 Å². The average molecular weight is 316 g/mol. The number of carbonyl (C=O) groups is 1. The highest BCUT2D eigenvalue weighted by Gasteiger charge is 2.54. The topological polar surface area (TPSA) is 53.0 Å². The molecule has 1 aromatic carbocycles. The number of fused-ring (bicyclic) bond motifs is 3. The summed E-state index contributed by atoms with van der Waals surface area (Å²) >= 11 is 0. The standard InChI is InChI=1S/C18H24N2O3/c1-19-10-15-17(13-4-2-3-5-14(13)19)16(11-21)20(15)18(22)12-6-8-23-9-7-12/h2-5,12,15-17,21H,6-11H2,1H3/t15-,16-,17-/m1/s1. The second-order valence-electron chi connectivity index (χ2n) is 6.91. The SMILES string of the molecule is CN1C[C@@H]2[C@@H](c3ccccc31)[C@@H](CO)N2C(=O)C1CCOCC1. The number of para-hydroxylation sites is 1. The molecule has 2 fully saturated rings. The molecule has 4 rings (SSSR count). The molecule has 0 spiro atoms. The van der Waals surface area contributed by atoms with Crippen molar-refractivity contribution in [3.8, 4) is 0 Å². The molecule has 23 heavy (non-hydrogen) atoms. The number of aliphatic hydroxyl groups excluding tert-OH is 1. The number of likely N-dealkylation sites (tertiary alicyclic amines) is 1. The van der Waals surface area contributed by atoms with Crippen LogP contribution < -0.4 is 4.90 Å². The van der Waals surface area contributed by atoms with Crippen LogP contribution in [-0.2, 0) is 9.53 Å². The minimum atomic E-state index is -0.0785. The number of hydrogen-bond acceptors (Lipinski definition) is 4. The maximum atomic E-state index is 13.0. The molecule has 124 valence electrons. The molecule has 0 unspecified atom stereocenters. The number of aliphatic hydroxyl groups is 1. The highest BCUT2D eigenvalue weighted by atomic mass is 16.5. The van der Waals surface area contributed by atoms with Gasteiger partial charge in [0.2, 0.25) is 5.91 Å². The number of likely N-dealkylation sites (N-methyl/N-ethyl adjacent to an activating group) is 1. The Kier molecular flexibility index (Phi) is 3.77. The molecule has 5 nitrogen and oxygen atoms in total. The van der Waals surface area contributed by atoms with Crippen molar-refractivity contribution in [2.45, 2.75) is 30.8 Å². The van der Waals surface area contributed by atoms with Gasteiger partial charge in [-0.2, -0.15) is 0 Å². The monoisotopic (exact) mass is 316 g/mol. The van der Waals surface area contributed by atoms with Gasteiger partial charge < -0.3 is 19.6 Å². The van der Waals surface area contributed by atoms with Crippen LogP contribution in [0, 0.1) is 5.92 Å². The van der Waals surface area contributed by atoms with E-state index in [1.54, 1.807) is 0 Å². The maximum Gasteiger partial charge on any atom is 0.226 e. The molecular weight excluding hydrogens is 292 g/mol. The van der Waals surface area contributed by atoms with Crippen LogP contribution in [0.1, 0.15) is 24.3 Å². The summed E-state index contributed by atoms with van der Waals surface area (Å²) in [6.45, 7) is 2.22. The Balaban J connectivity index is 1.61. The largest absolute Gasteiger partial charge is 0.394 e. The van der Waals surface area contributed by atoms with E-state index < -0.39 is 0 Å². The summed E-state index contributed by atoms with van der Waals surface area (Å²) in [6.07, 6.45) is 1.61. The maximum absolute atomic E-state index is 13.0. The van der Waals surface area contributed by atoms with Crippen molar-refractivity contribution in [1.29, 1.82) is 0 Å². The van der Waals surface area contributed by atoms with E-state index in [9.17, 15) is 9.90 Å². The number of anilines is 1. The first-order valence-corrected chi connectivity index (χ1v) is 8.53. The van der Waals surface area contributed by atoms with Crippen molar-refractivity contribution in [1.82, 2.24) is 4.90 Å². The van der Waals surface area contributed by atoms with Gasteiger partial charge in [0, 0.05) is 44.3 Å². The zero-order valence-electron chi connectivity index (χ0n) is 13.5. The smallest absolute Gasteiger partial charge is 0.226 e. The summed E-state index contributed by atoms with van der Waals surface area (Å²) in [6, 6.07) is 8.47. The van der Waals surface area contributed by atoms with E-state index in [4.69, 9.17) is 4.74 Å². The van der Waals surface area contributed by atoms with Gasteiger partial charge in [-0.1, -0.05) is 18.2 Å². The lowest BCUT2D eigenvalue weighted by Crippen LogP contribution is -2.71. The van der Waals surface area contributed by atoms with E-state index in [-0.39, 0.29) is 36.4 Å². The van der Waals surface area contributed by atoms with E-state index in [0.717, 1.165) is 19.4 Å². The quantitative estimate of drug-likeness (QED) is 0.891. The molecule has 1 aromatic rings. The van der Waals surface area contributed by atoms with Crippen molar-refractivity contribution < 1.29 is 14.6 Å². The lowest BCUT2D eigenvalue weighted by atomic mass is 9.71. The fourth-order valence-electron chi connectivity index (χ4n) is 4.54.